The smallest absolute Gasteiger partial charge is 0.545 e. The number of rotatable bonds is 1. The normalized spacial score (nSPS) is 6.43. The molecule has 35 valence electrons. The molecule has 0 bridgehead atoms. The minimum absolute atomic E-state index is 0. The van der Waals surface area contributed by atoms with E-state index in [1.807, 2.05) is 0 Å². The molecule has 0 N–H and O–H groups in total. The number of hydrogen-bond donors (Lipinski definition) is 0. The number of carbonyl (C=O) groups excluding carboxylic acids is 1. The molecule has 0 heterocycles. The van der Waals surface area contributed by atoms with Gasteiger partial charge in [-0.25, -0.2) is 0 Å². The van der Waals surface area contributed by atoms with Crippen molar-refractivity contribution in [2.45, 2.75) is 6.92 Å². The predicted octanol–water partition coefficient (Wildman–Crippen LogP) is -1.07. The Hall–Kier alpha value is 0.781. The van der Waals surface area contributed by atoms with Gasteiger partial charge in [0, 0.05) is 0 Å². The van der Waals surface area contributed by atoms with Gasteiger partial charge in [0.1, 0.15) is 0 Å². The fourth-order valence-electron chi connectivity index (χ4n) is 0. The molecular weight excluding hydrogens is 217 g/mol. The molecule has 0 unspecified atom stereocenters. The van der Waals surface area contributed by atoms with E-state index in [1.54, 1.807) is 0 Å². The average molecular weight is 222 g/mol. The summed E-state index contributed by atoms with van der Waals surface area (Å²) in [6.07, 6.45) is 0. The van der Waals surface area contributed by atoms with Crippen molar-refractivity contribution in [2.75, 3.05) is 0 Å². The molecule has 0 aromatic heterocycles. The quantitative estimate of drug-likeness (QED) is 0.419. The van der Waals surface area contributed by atoms with Crippen LogP contribution in [0, 0.1) is 0 Å². The van der Waals surface area contributed by atoms with Gasteiger partial charge in [0.05, 0.1) is 5.97 Å². The van der Waals surface area contributed by atoms with Gasteiger partial charge in [-0.2, -0.15) is 0 Å². The van der Waals surface area contributed by atoms with Crippen LogP contribution in [0.25, 0.3) is 0 Å². The van der Waals surface area contributed by atoms with Crippen molar-refractivity contribution in [3.63, 3.8) is 0 Å². The largest absolute Gasteiger partial charge is 1.00 e. The van der Waals surface area contributed by atoms with E-state index in [1.165, 1.54) is 6.92 Å². The monoisotopic (exact) mass is 223 g/mol. The molecule has 0 aliphatic carbocycles. The summed E-state index contributed by atoms with van der Waals surface area (Å²) in [4.78, 5) is 9.49. The molecule has 0 aromatic rings. The number of aliphatic carboxylic acids is 1. The third-order valence-corrected chi connectivity index (χ3v) is 0.348. The second kappa shape index (κ2) is 4.93. The summed E-state index contributed by atoms with van der Waals surface area (Å²) in [6, 6.07) is 0. The van der Waals surface area contributed by atoms with Gasteiger partial charge in [-0.15, -0.1) is 0 Å². The summed E-state index contributed by atoms with van der Waals surface area (Å²) in [5, 5.41) is 9.49. The topological polar surface area (TPSA) is 40.1 Å². The third kappa shape index (κ3) is 6.78. The van der Waals surface area contributed by atoms with Gasteiger partial charge in [-0.3, -0.25) is 0 Å². The Morgan fingerprint density at radius 2 is 1.86 bits per heavy atom. The fourth-order valence-corrected chi connectivity index (χ4v) is 0. The van der Waals surface area contributed by atoms with Crippen LogP contribution in [-0.2, 0) is 4.79 Å². The summed E-state index contributed by atoms with van der Waals surface area (Å²) < 4.78 is 0. The molecule has 0 aliphatic heterocycles. The van der Waals surface area contributed by atoms with E-state index in [2.05, 4.69) is 6.58 Å². The summed E-state index contributed by atoms with van der Waals surface area (Å²) >= 11 is 0. The van der Waals surface area contributed by atoms with E-state index in [-0.39, 0.29) is 54.5 Å². The van der Waals surface area contributed by atoms with Crippen molar-refractivity contribution in [2.24, 2.45) is 0 Å². The molecule has 0 atom stereocenters. The Bertz CT molecular complexity index is 75.7. The zero-order chi connectivity index (χ0) is 5.15. The maximum absolute atomic E-state index is 9.49. The van der Waals surface area contributed by atoms with Crippen LogP contribution in [0.2, 0.25) is 0 Å². The van der Waals surface area contributed by atoms with Crippen molar-refractivity contribution in [3.05, 3.63) is 12.2 Å². The second-order valence-corrected chi connectivity index (χ2v) is 1.07. The summed E-state index contributed by atoms with van der Waals surface area (Å²) in [6.45, 7) is 4.48. The molecule has 0 amide bonds. The Morgan fingerprint density at radius 1 is 1.71 bits per heavy atom. The summed E-state index contributed by atoms with van der Waals surface area (Å²) in [5.41, 5.74) is 0.0648. The first-order valence-electron chi connectivity index (χ1n) is 1.51. The van der Waals surface area contributed by atoms with Gasteiger partial charge in [-0.05, 0) is 12.5 Å². The van der Waals surface area contributed by atoms with E-state index < -0.39 is 5.97 Å². The van der Waals surface area contributed by atoms with Crippen LogP contribution in [0.5, 0.6) is 0 Å². The minimum atomic E-state index is -1.19. The van der Waals surface area contributed by atoms with Crippen LogP contribution in [0.4, 0.5) is 0 Å². The molecule has 2 nitrogen and oxygen atoms in total. The van der Waals surface area contributed by atoms with Crippen molar-refractivity contribution >= 4 is 54.9 Å². The number of hydrogen-bond acceptors (Lipinski definition) is 2. The molecule has 0 aromatic carbocycles. The molecular formula is C4H5BaO2. The van der Waals surface area contributed by atoms with E-state index in [0.717, 1.165) is 0 Å². The summed E-state index contributed by atoms with van der Waals surface area (Å²) in [7, 11) is 0. The van der Waals surface area contributed by atoms with Gasteiger partial charge in [-0.1, -0.05) is 6.58 Å². The van der Waals surface area contributed by atoms with Crippen molar-refractivity contribution < 1.29 is 9.90 Å². The van der Waals surface area contributed by atoms with Crippen molar-refractivity contribution in [1.82, 2.24) is 0 Å². The van der Waals surface area contributed by atoms with E-state index in [0.29, 0.717) is 0 Å². The first kappa shape index (κ1) is 10.7. The molecule has 0 saturated heterocycles. The minimum Gasteiger partial charge on any atom is -0.545 e. The third-order valence-electron chi connectivity index (χ3n) is 0.348. The standard InChI is InChI=1S/C4H6O2.Ba/c1-3(2)4(5)6;/h1H2,2H3,(H,5,6);/q;+1/p-1. The zero-order valence-corrected chi connectivity index (χ0v) is 8.67. The second-order valence-electron chi connectivity index (χ2n) is 1.07. The average Bonchev–Trinajstić information content (AvgIpc) is 1.36. The SMILES string of the molecule is C=C(C)C(=O)[O-].[Ba+]. The number of carboxylic acid groups (broad SMARTS) is 1. The molecule has 0 aliphatic rings. The molecule has 0 spiro atoms. The van der Waals surface area contributed by atoms with E-state index >= 15 is 0 Å². The van der Waals surface area contributed by atoms with Crippen LogP contribution >= 0.6 is 0 Å². The van der Waals surface area contributed by atoms with Crippen LogP contribution in [-0.4, -0.2) is 54.9 Å². The van der Waals surface area contributed by atoms with Crippen LogP contribution < -0.4 is 5.11 Å². The van der Waals surface area contributed by atoms with E-state index in [9.17, 15) is 9.90 Å². The van der Waals surface area contributed by atoms with Gasteiger partial charge in [0.2, 0.25) is 0 Å². The van der Waals surface area contributed by atoms with Crippen LogP contribution in [0.15, 0.2) is 12.2 Å². The molecule has 3 heteroatoms. The predicted molar refractivity (Wildman–Crippen MR) is 25.6 cm³/mol. The number of carboxylic acids is 1. The molecule has 0 fully saturated rings. The Balaban J connectivity index is 0. The Morgan fingerprint density at radius 3 is 1.86 bits per heavy atom. The van der Waals surface area contributed by atoms with Crippen LogP contribution in [0.3, 0.4) is 0 Å². The maximum Gasteiger partial charge on any atom is 1.00 e. The molecule has 0 rings (SSSR count). The Kier molecular flexibility index (Phi) is 7.54. The van der Waals surface area contributed by atoms with Crippen molar-refractivity contribution in [3.8, 4) is 0 Å². The Labute approximate surface area is 82.7 Å². The first-order chi connectivity index (χ1) is 2.64. The van der Waals surface area contributed by atoms with Gasteiger partial charge >= 0.3 is 48.9 Å². The zero-order valence-electron chi connectivity index (χ0n) is 4.23. The fraction of sp³-hybridized carbons (Fsp3) is 0.250. The maximum atomic E-state index is 9.49. The molecule has 7 heavy (non-hydrogen) atoms. The summed E-state index contributed by atoms with van der Waals surface area (Å²) in [5.74, 6) is -1.19. The van der Waals surface area contributed by atoms with Gasteiger partial charge in [0.25, 0.3) is 0 Å². The van der Waals surface area contributed by atoms with Gasteiger partial charge in [0.15, 0.2) is 0 Å². The van der Waals surface area contributed by atoms with Crippen LogP contribution in [0.1, 0.15) is 6.92 Å². The van der Waals surface area contributed by atoms with Crippen molar-refractivity contribution in [1.29, 1.82) is 0 Å². The van der Waals surface area contributed by atoms with E-state index in [4.69, 9.17) is 0 Å². The van der Waals surface area contributed by atoms with Gasteiger partial charge < -0.3 is 9.90 Å². The molecule has 0 saturated carbocycles. The first-order valence-corrected chi connectivity index (χ1v) is 1.51. The molecule has 1 radical (unpaired) electrons. The number of carbonyl (C=O) groups is 1.